The number of halogens is 1. The summed E-state index contributed by atoms with van der Waals surface area (Å²) in [5.41, 5.74) is 7.98. The predicted molar refractivity (Wildman–Crippen MR) is 76.7 cm³/mol. The van der Waals surface area contributed by atoms with Crippen molar-refractivity contribution in [1.82, 2.24) is 4.90 Å². The first kappa shape index (κ1) is 13.4. The molecule has 2 rings (SSSR count). The Hall–Kier alpha value is -1.07. The van der Waals surface area contributed by atoms with E-state index in [1.54, 1.807) is 4.90 Å². The maximum atomic E-state index is 12.1. The molecular weight excluding hydrogens is 294 g/mol. The average molecular weight is 312 g/mol. The molecule has 98 valence electrons. The number of hydrogen-bond donors (Lipinski definition) is 1. The monoisotopic (exact) mass is 311 g/mol. The number of nitrogens with two attached hydrogens (primary N) is 1. The molecule has 1 aromatic rings. The van der Waals surface area contributed by atoms with Crippen molar-refractivity contribution in [2.45, 2.75) is 13.0 Å². The van der Waals surface area contributed by atoms with Gasteiger partial charge in [0, 0.05) is 36.8 Å². The number of amides is 1. The highest BCUT2D eigenvalue weighted by atomic mass is 79.9. The summed E-state index contributed by atoms with van der Waals surface area (Å²) in [5.74, 6) is 0.0976. The molecule has 18 heavy (non-hydrogen) atoms. The normalized spacial score (nSPS) is 20.4. The van der Waals surface area contributed by atoms with Gasteiger partial charge in [0.05, 0.1) is 0 Å². The Labute approximate surface area is 116 Å². The summed E-state index contributed by atoms with van der Waals surface area (Å²) < 4.78 is 1.06. The van der Waals surface area contributed by atoms with Crippen LogP contribution >= 0.6 is 15.9 Å². The Bertz CT molecular complexity index is 464. The van der Waals surface area contributed by atoms with E-state index >= 15 is 0 Å². The van der Waals surface area contributed by atoms with Crippen LogP contribution in [-0.4, -0.2) is 43.5 Å². The molecule has 1 aliphatic rings. The Kier molecular flexibility index (Phi) is 3.92. The molecule has 1 fully saturated rings. The Balaban J connectivity index is 2.31. The van der Waals surface area contributed by atoms with Crippen molar-refractivity contribution in [3.05, 3.63) is 28.2 Å². The molecule has 0 radical (unpaired) electrons. The molecule has 1 amide bonds. The van der Waals surface area contributed by atoms with Gasteiger partial charge in [-0.25, -0.2) is 0 Å². The molecule has 0 aromatic heterocycles. The Morgan fingerprint density at radius 1 is 1.44 bits per heavy atom. The van der Waals surface area contributed by atoms with Crippen LogP contribution in [0.4, 0.5) is 5.69 Å². The van der Waals surface area contributed by atoms with E-state index in [0.717, 1.165) is 23.2 Å². The van der Waals surface area contributed by atoms with Crippen molar-refractivity contribution in [1.29, 1.82) is 0 Å². The standard InChI is InChI=1S/C13H18BrN3O/c1-9-3-4-10(7-11(9)14)17-6-5-16(2)13(18)12(17)8-15/h3-4,7,12H,5-6,8,15H2,1-2H3. The van der Waals surface area contributed by atoms with Gasteiger partial charge in [-0.05, 0) is 24.6 Å². The lowest BCUT2D eigenvalue weighted by Gasteiger charge is -2.40. The van der Waals surface area contributed by atoms with Gasteiger partial charge in [0.25, 0.3) is 0 Å². The van der Waals surface area contributed by atoms with Gasteiger partial charge in [-0.3, -0.25) is 4.79 Å². The summed E-state index contributed by atoms with van der Waals surface area (Å²) in [6.45, 7) is 3.94. The van der Waals surface area contributed by atoms with E-state index in [1.165, 1.54) is 5.56 Å². The van der Waals surface area contributed by atoms with Crippen molar-refractivity contribution in [2.75, 3.05) is 31.6 Å². The van der Waals surface area contributed by atoms with Crippen molar-refractivity contribution < 1.29 is 4.79 Å². The molecular formula is C13H18BrN3O. The maximum absolute atomic E-state index is 12.1. The van der Waals surface area contributed by atoms with Crippen LogP contribution in [0, 0.1) is 6.92 Å². The van der Waals surface area contributed by atoms with Crippen LogP contribution in [0.5, 0.6) is 0 Å². The van der Waals surface area contributed by atoms with Crippen LogP contribution in [0.15, 0.2) is 22.7 Å². The fourth-order valence-corrected chi connectivity index (χ4v) is 2.58. The second-order valence-corrected chi connectivity index (χ2v) is 5.49. The highest BCUT2D eigenvalue weighted by Crippen LogP contribution is 2.26. The summed E-state index contributed by atoms with van der Waals surface area (Å²) in [7, 11) is 1.83. The molecule has 1 atom stereocenters. The van der Waals surface area contributed by atoms with Gasteiger partial charge in [-0.15, -0.1) is 0 Å². The van der Waals surface area contributed by atoms with Crippen molar-refractivity contribution in [3.63, 3.8) is 0 Å². The lowest BCUT2D eigenvalue weighted by molar-refractivity contribution is -0.132. The quantitative estimate of drug-likeness (QED) is 0.897. The lowest BCUT2D eigenvalue weighted by atomic mass is 10.1. The largest absolute Gasteiger partial charge is 0.357 e. The molecule has 1 heterocycles. The third-order valence-corrected chi connectivity index (χ3v) is 4.28. The summed E-state index contributed by atoms with van der Waals surface area (Å²) in [5, 5.41) is 0. The van der Waals surface area contributed by atoms with Gasteiger partial charge >= 0.3 is 0 Å². The first-order chi connectivity index (χ1) is 8.54. The summed E-state index contributed by atoms with van der Waals surface area (Å²) in [4.78, 5) is 15.9. The van der Waals surface area contributed by atoms with E-state index in [9.17, 15) is 4.79 Å². The van der Waals surface area contributed by atoms with Crippen LogP contribution in [0.1, 0.15) is 5.56 Å². The average Bonchev–Trinajstić information content (AvgIpc) is 2.36. The van der Waals surface area contributed by atoms with Gasteiger partial charge in [0.1, 0.15) is 6.04 Å². The minimum atomic E-state index is -0.252. The molecule has 1 aliphatic heterocycles. The zero-order valence-electron chi connectivity index (χ0n) is 10.7. The van der Waals surface area contributed by atoms with Crippen molar-refractivity contribution in [3.8, 4) is 0 Å². The van der Waals surface area contributed by atoms with Gasteiger partial charge in [-0.2, -0.15) is 0 Å². The number of anilines is 1. The fraction of sp³-hybridized carbons (Fsp3) is 0.462. The van der Waals surface area contributed by atoms with Gasteiger partial charge in [0.2, 0.25) is 5.91 Å². The van der Waals surface area contributed by atoms with E-state index in [1.807, 2.05) is 20.0 Å². The number of rotatable bonds is 2. The van der Waals surface area contributed by atoms with Gasteiger partial charge < -0.3 is 15.5 Å². The molecule has 1 aromatic carbocycles. The van der Waals surface area contributed by atoms with E-state index in [-0.39, 0.29) is 11.9 Å². The number of likely N-dealkylation sites (N-methyl/N-ethyl adjacent to an activating group) is 1. The topological polar surface area (TPSA) is 49.6 Å². The van der Waals surface area contributed by atoms with E-state index in [4.69, 9.17) is 5.73 Å². The molecule has 1 saturated heterocycles. The predicted octanol–water partition coefficient (Wildman–Crippen LogP) is 1.36. The first-order valence-corrected chi connectivity index (χ1v) is 6.81. The summed E-state index contributed by atoms with van der Waals surface area (Å²) >= 11 is 3.53. The Morgan fingerprint density at radius 3 is 2.78 bits per heavy atom. The summed E-state index contributed by atoms with van der Waals surface area (Å²) in [6.07, 6.45) is 0. The third-order valence-electron chi connectivity index (χ3n) is 3.42. The third kappa shape index (κ3) is 2.37. The van der Waals surface area contributed by atoms with Crippen molar-refractivity contribution >= 4 is 27.5 Å². The molecule has 0 spiro atoms. The molecule has 1 unspecified atom stereocenters. The molecule has 0 aliphatic carbocycles. The maximum Gasteiger partial charge on any atom is 0.246 e. The van der Waals surface area contributed by atoms with Crippen LogP contribution < -0.4 is 10.6 Å². The van der Waals surface area contributed by atoms with Crippen LogP contribution in [0.25, 0.3) is 0 Å². The molecule has 5 heteroatoms. The van der Waals surface area contributed by atoms with Gasteiger partial charge in [-0.1, -0.05) is 22.0 Å². The van der Waals surface area contributed by atoms with Crippen LogP contribution in [-0.2, 0) is 4.79 Å². The highest BCUT2D eigenvalue weighted by Gasteiger charge is 2.32. The van der Waals surface area contributed by atoms with E-state index in [2.05, 4.69) is 33.0 Å². The second kappa shape index (κ2) is 5.28. The summed E-state index contributed by atoms with van der Waals surface area (Å²) in [6, 6.07) is 5.90. The number of benzene rings is 1. The van der Waals surface area contributed by atoms with E-state index in [0.29, 0.717) is 6.54 Å². The van der Waals surface area contributed by atoms with E-state index < -0.39 is 0 Å². The number of hydrogen-bond acceptors (Lipinski definition) is 3. The number of piperazine rings is 1. The fourth-order valence-electron chi connectivity index (χ4n) is 2.21. The molecule has 4 nitrogen and oxygen atoms in total. The van der Waals surface area contributed by atoms with Gasteiger partial charge in [0.15, 0.2) is 0 Å². The first-order valence-electron chi connectivity index (χ1n) is 6.02. The minimum Gasteiger partial charge on any atom is -0.357 e. The number of carbonyl (C=O) groups excluding carboxylic acids is 1. The molecule has 0 saturated carbocycles. The SMILES string of the molecule is Cc1ccc(N2CCN(C)C(=O)C2CN)cc1Br. The second-order valence-electron chi connectivity index (χ2n) is 4.64. The zero-order valence-corrected chi connectivity index (χ0v) is 12.3. The Morgan fingerprint density at radius 2 is 2.17 bits per heavy atom. The minimum absolute atomic E-state index is 0.0976. The highest BCUT2D eigenvalue weighted by molar-refractivity contribution is 9.10. The zero-order chi connectivity index (χ0) is 13.3. The molecule has 2 N–H and O–H groups in total. The lowest BCUT2D eigenvalue weighted by Crippen LogP contribution is -2.58. The van der Waals surface area contributed by atoms with Crippen LogP contribution in [0.3, 0.4) is 0 Å². The smallest absolute Gasteiger partial charge is 0.246 e. The van der Waals surface area contributed by atoms with Crippen LogP contribution in [0.2, 0.25) is 0 Å². The number of nitrogens with zero attached hydrogens (tertiary/aromatic N) is 2. The molecule has 0 bridgehead atoms. The van der Waals surface area contributed by atoms with Crippen molar-refractivity contribution in [2.24, 2.45) is 5.73 Å². The number of carbonyl (C=O) groups is 1. The number of aryl methyl sites for hydroxylation is 1.